The van der Waals surface area contributed by atoms with Crippen LogP contribution in [-0.2, 0) is 17.9 Å². The molecule has 4 aromatic carbocycles. The average molecular weight is 468 g/mol. The fraction of sp³-hybridized carbons (Fsp3) is 0.0714. The first kappa shape index (κ1) is 21.4. The molecule has 162 valence electrons. The molecule has 0 radical (unpaired) electrons. The highest BCUT2D eigenvalue weighted by atomic mass is 32.2. The molecule has 3 nitrogen and oxygen atoms in total. The number of carbonyl (C=O) groups is 1. The molecule has 0 atom stereocenters. The van der Waals surface area contributed by atoms with Gasteiger partial charge in [-0.2, -0.15) is 0 Å². The standard InChI is InChI=1S/C28H21NO2S2/c30-27-26(33-28(32)29(27)18-21-7-2-1-3-8-21)17-20-13-15-24(16-14-20)31-19-23-11-6-10-22-9-4-5-12-25(22)23/h1-17H,18-19H2. The normalized spacial score (nSPS) is 14.9. The molecule has 5 heteroatoms. The lowest BCUT2D eigenvalue weighted by Crippen LogP contribution is -2.27. The Morgan fingerprint density at radius 3 is 2.39 bits per heavy atom. The largest absolute Gasteiger partial charge is 0.489 e. The third-order valence-corrected chi connectivity index (χ3v) is 6.89. The van der Waals surface area contributed by atoms with Crippen LogP contribution in [0.15, 0.2) is 102 Å². The Morgan fingerprint density at radius 2 is 1.58 bits per heavy atom. The first-order valence-electron chi connectivity index (χ1n) is 10.7. The van der Waals surface area contributed by atoms with E-state index in [9.17, 15) is 4.79 Å². The van der Waals surface area contributed by atoms with E-state index in [4.69, 9.17) is 17.0 Å². The molecule has 5 rings (SSSR count). The van der Waals surface area contributed by atoms with Crippen molar-refractivity contribution in [2.45, 2.75) is 13.2 Å². The van der Waals surface area contributed by atoms with Crippen LogP contribution >= 0.6 is 24.0 Å². The summed E-state index contributed by atoms with van der Waals surface area (Å²) >= 11 is 6.80. The summed E-state index contributed by atoms with van der Waals surface area (Å²) in [4.78, 5) is 15.2. The first-order valence-corrected chi connectivity index (χ1v) is 11.9. The van der Waals surface area contributed by atoms with E-state index in [1.54, 1.807) is 4.90 Å². The van der Waals surface area contributed by atoms with Crippen molar-refractivity contribution in [2.75, 3.05) is 0 Å². The molecule has 1 saturated heterocycles. The number of ether oxygens (including phenoxy) is 1. The Balaban J connectivity index is 1.26. The molecule has 0 spiro atoms. The number of benzene rings is 4. The molecule has 0 aliphatic carbocycles. The second-order valence-electron chi connectivity index (χ2n) is 7.75. The minimum atomic E-state index is -0.0508. The van der Waals surface area contributed by atoms with Gasteiger partial charge in [-0.1, -0.05) is 109 Å². The summed E-state index contributed by atoms with van der Waals surface area (Å²) < 4.78 is 6.61. The van der Waals surface area contributed by atoms with Gasteiger partial charge in [0.1, 0.15) is 16.7 Å². The quantitative estimate of drug-likeness (QED) is 0.230. The number of hydrogen-bond acceptors (Lipinski definition) is 4. The van der Waals surface area contributed by atoms with Crippen molar-refractivity contribution in [3.05, 3.63) is 119 Å². The van der Waals surface area contributed by atoms with Gasteiger partial charge in [0.15, 0.2) is 0 Å². The number of rotatable bonds is 6. The molecule has 33 heavy (non-hydrogen) atoms. The summed E-state index contributed by atoms with van der Waals surface area (Å²) in [5, 5.41) is 2.41. The molecule has 1 aliphatic rings. The smallest absolute Gasteiger partial charge is 0.266 e. The highest BCUT2D eigenvalue weighted by Gasteiger charge is 2.31. The van der Waals surface area contributed by atoms with Crippen molar-refractivity contribution in [1.82, 2.24) is 4.90 Å². The molecule has 1 aliphatic heterocycles. The molecule has 1 amide bonds. The highest BCUT2D eigenvalue weighted by molar-refractivity contribution is 8.26. The minimum absolute atomic E-state index is 0.0508. The van der Waals surface area contributed by atoms with Crippen LogP contribution in [0.1, 0.15) is 16.7 Å². The van der Waals surface area contributed by atoms with E-state index in [1.165, 1.54) is 22.5 Å². The Labute approximate surface area is 202 Å². The van der Waals surface area contributed by atoms with Crippen molar-refractivity contribution in [3.63, 3.8) is 0 Å². The Hall–Kier alpha value is -3.41. The van der Waals surface area contributed by atoms with Gasteiger partial charge in [0.05, 0.1) is 11.4 Å². The van der Waals surface area contributed by atoms with Crippen molar-refractivity contribution >= 4 is 51.1 Å². The van der Waals surface area contributed by atoms with Crippen LogP contribution in [0.5, 0.6) is 5.75 Å². The van der Waals surface area contributed by atoms with E-state index in [0.29, 0.717) is 22.4 Å². The van der Waals surface area contributed by atoms with Gasteiger partial charge in [-0.05, 0) is 45.7 Å². The number of fused-ring (bicyclic) bond motifs is 1. The number of amides is 1. The van der Waals surface area contributed by atoms with Gasteiger partial charge < -0.3 is 4.74 Å². The Morgan fingerprint density at radius 1 is 0.848 bits per heavy atom. The predicted octanol–water partition coefficient (Wildman–Crippen LogP) is 6.82. The van der Waals surface area contributed by atoms with Crippen LogP contribution < -0.4 is 4.74 Å². The maximum absolute atomic E-state index is 12.9. The molecule has 1 heterocycles. The van der Waals surface area contributed by atoms with E-state index < -0.39 is 0 Å². The number of nitrogens with zero attached hydrogens (tertiary/aromatic N) is 1. The monoisotopic (exact) mass is 467 g/mol. The number of hydrogen-bond donors (Lipinski definition) is 0. The van der Waals surface area contributed by atoms with Crippen molar-refractivity contribution in [3.8, 4) is 5.75 Å². The maximum Gasteiger partial charge on any atom is 0.266 e. The molecular formula is C28H21NO2S2. The highest BCUT2D eigenvalue weighted by Crippen LogP contribution is 2.34. The van der Waals surface area contributed by atoms with E-state index in [1.807, 2.05) is 72.8 Å². The van der Waals surface area contributed by atoms with Gasteiger partial charge in [0.2, 0.25) is 0 Å². The first-order chi connectivity index (χ1) is 16.2. The van der Waals surface area contributed by atoms with Gasteiger partial charge in [-0.25, -0.2) is 0 Å². The lowest BCUT2D eigenvalue weighted by Gasteiger charge is -2.14. The van der Waals surface area contributed by atoms with Gasteiger partial charge in [-0.15, -0.1) is 0 Å². The molecule has 4 aromatic rings. The van der Waals surface area contributed by atoms with E-state index in [-0.39, 0.29) is 5.91 Å². The van der Waals surface area contributed by atoms with E-state index in [2.05, 4.69) is 30.3 Å². The predicted molar refractivity (Wildman–Crippen MR) is 140 cm³/mol. The van der Waals surface area contributed by atoms with E-state index in [0.717, 1.165) is 22.4 Å². The Bertz CT molecular complexity index is 1340. The van der Waals surface area contributed by atoms with Crippen LogP contribution in [0.2, 0.25) is 0 Å². The van der Waals surface area contributed by atoms with Crippen molar-refractivity contribution in [1.29, 1.82) is 0 Å². The number of carbonyl (C=O) groups excluding carboxylic acids is 1. The number of thioether (sulfide) groups is 1. The topological polar surface area (TPSA) is 29.5 Å². The van der Waals surface area contributed by atoms with Crippen LogP contribution in [0.3, 0.4) is 0 Å². The van der Waals surface area contributed by atoms with Crippen LogP contribution in [-0.4, -0.2) is 15.1 Å². The summed E-state index contributed by atoms with van der Waals surface area (Å²) in [5.74, 6) is 0.738. The molecule has 0 aromatic heterocycles. The Kier molecular flexibility index (Phi) is 6.24. The van der Waals surface area contributed by atoms with Gasteiger partial charge in [-0.3, -0.25) is 9.69 Å². The van der Waals surface area contributed by atoms with Crippen LogP contribution in [0, 0.1) is 0 Å². The molecule has 0 N–H and O–H groups in total. The molecular weight excluding hydrogens is 446 g/mol. The van der Waals surface area contributed by atoms with E-state index >= 15 is 0 Å². The summed E-state index contributed by atoms with van der Waals surface area (Å²) in [6, 6.07) is 32.2. The second-order valence-corrected chi connectivity index (χ2v) is 9.43. The molecule has 0 bridgehead atoms. The zero-order chi connectivity index (χ0) is 22.6. The lowest BCUT2D eigenvalue weighted by molar-refractivity contribution is -0.122. The SMILES string of the molecule is O=C1C(=Cc2ccc(OCc3cccc4ccccc34)cc2)SC(=S)N1Cc1ccccc1. The lowest BCUT2D eigenvalue weighted by atomic mass is 10.1. The summed E-state index contributed by atoms with van der Waals surface area (Å²) in [7, 11) is 0. The third-order valence-electron chi connectivity index (χ3n) is 5.51. The summed E-state index contributed by atoms with van der Waals surface area (Å²) in [6.07, 6.45) is 1.89. The summed E-state index contributed by atoms with van der Waals surface area (Å²) in [6.45, 7) is 0.989. The number of thiocarbonyl (C=S) groups is 1. The van der Waals surface area contributed by atoms with Crippen LogP contribution in [0.25, 0.3) is 16.8 Å². The van der Waals surface area contributed by atoms with Crippen LogP contribution in [0.4, 0.5) is 0 Å². The molecule has 1 fully saturated rings. The van der Waals surface area contributed by atoms with Gasteiger partial charge >= 0.3 is 0 Å². The average Bonchev–Trinajstić information content (AvgIpc) is 3.11. The van der Waals surface area contributed by atoms with Gasteiger partial charge in [0.25, 0.3) is 5.91 Å². The molecule has 0 unspecified atom stereocenters. The molecule has 0 saturated carbocycles. The van der Waals surface area contributed by atoms with Crippen molar-refractivity contribution < 1.29 is 9.53 Å². The summed E-state index contributed by atoms with van der Waals surface area (Å²) in [5.41, 5.74) is 3.15. The maximum atomic E-state index is 12.9. The second kappa shape index (κ2) is 9.61. The third kappa shape index (κ3) is 4.85. The fourth-order valence-electron chi connectivity index (χ4n) is 3.79. The van der Waals surface area contributed by atoms with Gasteiger partial charge in [0, 0.05) is 0 Å². The van der Waals surface area contributed by atoms with Crippen molar-refractivity contribution in [2.24, 2.45) is 0 Å². The zero-order valence-electron chi connectivity index (χ0n) is 17.8. The zero-order valence-corrected chi connectivity index (χ0v) is 19.4. The fourth-order valence-corrected chi connectivity index (χ4v) is 5.05. The minimum Gasteiger partial charge on any atom is -0.489 e.